The smallest absolute Gasteiger partial charge is 0.158 e. The van der Waals surface area contributed by atoms with Gasteiger partial charge in [-0.05, 0) is 47.2 Å². The van der Waals surface area contributed by atoms with Crippen molar-refractivity contribution in [3.8, 4) is 11.5 Å². The Balaban J connectivity index is 3.28. The molecule has 1 rings (SSSR count). The summed E-state index contributed by atoms with van der Waals surface area (Å²) < 4.78 is 0.952. The summed E-state index contributed by atoms with van der Waals surface area (Å²) in [5, 5.41) is 17.9. The topological polar surface area (TPSA) is 40.5 Å². The van der Waals surface area contributed by atoms with Crippen molar-refractivity contribution in [3.05, 3.63) is 21.3 Å². The van der Waals surface area contributed by atoms with Crippen LogP contribution in [0.15, 0.2) is 12.1 Å². The summed E-state index contributed by atoms with van der Waals surface area (Å²) in [5.74, 6) is -0.118. The second kappa shape index (κ2) is 2.65. The Morgan fingerprint density at radius 1 is 1.20 bits per heavy atom. The predicted octanol–water partition coefficient (Wildman–Crippen LogP) is 2.01. The van der Waals surface area contributed by atoms with Crippen LogP contribution in [0.1, 0.15) is 5.56 Å². The van der Waals surface area contributed by atoms with Crippen LogP contribution >= 0.6 is 22.6 Å². The van der Waals surface area contributed by atoms with Crippen LogP contribution in [0.5, 0.6) is 11.5 Å². The second-order valence-corrected chi connectivity index (χ2v) is 3.25. The first-order valence-electron chi connectivity index (χ1n) is 2.79. The van der Waals surface area contributed by atoms with E-state index in [1.807, 2.05) is 6.92 Å². The number of hydrogen-bond donors (Lipinski definition) is 2. The van der Waals surface area contributed by atoms with Gasteiger partial charge in [0.15, 0.2) is 11.5 Å². The van der Waals surface area contributed by atoms with Gasteiger partial charge in [0.25, 0.3) is 0 Å². The van der Waals surface area contributed by atoms with Crippen LogP contribution in [0.4, 0.5) is 0 Å². The van der Waals surface area contributed by atoms with Crippen LogP contribution in [0.25, 0.3) is 0 Å². The summed E-state index contributed by atoms with van der Waals surface area (Å²) in [5.41, 5.74) is 0.968. The summed E-state index contributed by atoms with van der Waals surface area (Å²) in [6, 6.07) is 3.07. The third-order valence-electron chi connectivity index (χ3n) is 1.26. The van der Waals surface area contributed by atoms with E-state index in [0.717, 1.165) is 9.13 Å². The van der Waals surface area contributed by atoms with E-state index in [1.165, 1.54) is 12.1 Å². The average Bonchev–Trinajstić information content (AvgIpc) is 1.84. The van der Waals surface area contributed by atoms with Crippen LogP contribution in [0.2, 0.25) is 0 Å². The van der Waals surface area contributed by atoms with Crippen molar-refractivity contribution < 1.29 is 10.2 Å². The number of rotatable bonds is 0. The largest absolute Gasteiger partial charge is 0.504 e. The lowest BCUT2D eigenvalue weighted by Crippen LogP contribution is -1.78. The van der Waals surface area contributed by atoms with E-state index in [0.29, 0.717) is 0 Å². The van der Waals surface area contributed by atoms with Gasteiger partial charge >= 0.3 is 0 Å². The Morgan fingerprint density at radius 2 is 1.70 bits per heavy atom. The number of benzene rings is 1. The van der Waals surface area contributed by atoms with Gasteiger partial charge in [-0.3, -0.25) is 0 Å². The molecular weight excluding hydrogens is 243 g/mol. The van der Waals surface area contributed by atoms with Crippen molar-refractivity contribution >= 4 is 22.6 Å². The maximum Gasteiger partial charge on any atom is 0.158 e. The molecule has 1 aromatic rings. The Hall–Kier alpha value is -0.450. The molecule has 0 amide bonds. The lowest BCUT2D eigenvalue weighted by molar-refractivity contribution is 0.403. The molecular formula is C7H7IO2. The fourth-order valence-electron chi connectivity index (χ4n) is 0.656. The normalized spacial score (nSPS) is 9.80. The maximum absolute atomic E-state index is 8.97. The molecule has 0 aromatic heterocycles. The summed E-state index contributed by atoms with van der Waals surface area (Å²) >= 11 is 2.10. The van der Waals surface area contributed by atoms with Gasteiger partial charge in [-0.25, -0.2) is 0 Å². The highest BCUT2D eigenvalue weighted by molar-refractivity contribution is 14.1. The lowest BCUT2D eigenvalue weighted by atomic mass is 10.2. The van der Waals surface area contributed by atoms with Crippen LogP contribution in [0.3, 0.4) is 0 Å². The number of aryl methyl sites for hydroxylation is 1. The number of phenolic OH excluding ortho intramolecular Hbond substituents is 2. The second-order valence-electron chi connectivity index (χ2n) is 2.09. The molecule has 2 nitrogen and oxygen atoms in total. The van der Waals surface area contributed by atoms with E-state index in [1.54, 1.807) is 0 Å². The number of aromatic hydroxyl groups is 2. The third-order valence-corrected chi connectivity index (χ3v) is 2.42. The number of phenols is 2. The highest BCUT2D eigenvalue weighted by atomic mass is 127. The average molecular weight is 250 g/mol. The predicted molar refractivity (Wildman–Crippen MR) is 47.2 cm³/mol. The van der Waals surface area contributed by atoms with E-state index in [9.17, 15) is 0 Å². The van der Waals surface area contributed by atoms with Gasteiger partial charge in [0.2, 0.25) is 0 Å². The number of hydrogen-bond acceptors (Lipinski definition) is 2. The highest BCUT2D eigenvalue weighted by Gasteiger charge is 2.01. The maximum atomic E-state index is 8.97. The molecule has 0 spiro atoms. The summed E-state index contributed by atoms with van der Waals surface area (Å²) in [6.07, 6.45) is 0. The van der Waals surface area contributed by atoms with Crippen molar-refractivity contribution in [1.29, 1.82) is 0 Å². The molecule has 54 valence electrons. The van der Waals surface area contributed by atoms with Gasteiger partial charge < -0.3 is 10.2 Å². The minimum absolute atomic E-state index is 0.0575. The summed E-state index contributed by atoms with van der Waals surface area (Å²) in [7, 11) is 0. The van der Waals surface area contributed by atoms with Gasteiger partial charge in [-0.1, -0.05) is 0 Å². The lowest BCUT2D eigenvalue weighted by Gasteiger charge is -2.00. The van der Waals surface area contributed by atoms with E-state index < -0.39 is 0 Å². The van der Waals surface area contributed by atoms with Crippen molar-refractivity contribution in [1.82, 2.24) is 0 Å². The Bertz CT molecular complexity index is 208. The molecule has 0 atom stereocenters. The van der Waals surface area contributed by atoms with Crippen molar-refractivity contribution in [2.45, 2.75) is 6.92 Å². The van der Waals surface area contributed by atoms with Crippen molar-refractivity contribution in [3.63, 3.8) is 0 Å². The van der Waals surface area contributed by atoms with Gasteiger partial charge in [0.1, 0.15) is 0 Å². The monoisotopic (exact) mass is 250 g/mol. The molecule has 0 aliphatic heterocycles. The zero-order chi connectivity index (χ0) is 7.72. The zero-order valence-corrected chi connectivity index (χ0v) is 7.58. The van der Waals surface area contributed by atoms with Crippen molar-refractivity contribution in [2.75, 3.05) is 0 Å². The van der Waals surface area contributed by atoms with Crippen LogP contribution < -0.4 is 0 Å². The fraction of sp³-hybridized carbons (Fsp3) is 0.143. The third kappa shape index (κ3) is 1.34. The molecule has 0 bridgehead atoms. The van der Waals surface area contributed by atoms with Crippen LogP contribution in [-0.2, 0) is 0 Å². The zero-order valence-electron chi connectivity index (χ0n) is 5.43. The molecule has 3 heteroatoms. The molecule has 0 unspecified atom stereocenters. The standard InChI is InChI=1S/C7H7IO2/c1-4-2-6(9)7(10)3-5(4)8/h2-3,9-10H,1H3. The molecule has 2 N–H and O–H groups in total. The molecule has 0 saturated heterocycles. The Kier molecular flexibility index (Phi) is 2.03. The fourth-order valence-corrected chi connectivity index (χ4v) is 1.11. The van der Waals surface area contributed by atoms with E-state index in [4.69, 9.17) is 10.2 Å². The van der Waals surface area contributed by atoms with E-state index in [-0.39, 0.29) is 11.5 Å². The molecule has 0 fully saturated rings. The highest BCUT2D eigenvalue weighted by Crippen LogP contribution is 2.28. The summed E-state index contributed by atoms with van der Waals surface area (Å²) in [6.45, 7) is 1.88. The first kappa shape index (κ1) is 7.65. The number of halogens is 1. The van der Waals surface area contributed by atoms with E-state index in [2.05, 4.69) is 22.6 Å². The van der Waals surface area contributed by atoms with Crippen molar-refractivity contribution in [2.24, 2.45) is 0 Å². The minimum Gasteiger partial charge on any atom is -0.504 e. The molecule has 1 aromatic carbocycles. The van der Waals surface area contributed by atoms with Gasteiger partial charge in [-0.15, -0.1) is 0 Å². The molecule has 0 saturated carbocycles. The van der Waals surface area contributed by atoms with Crippen LogP contribution in [-0.4, -0.2) is 10.2 Å². The molecule has 0 aliphatic carbocycles. The quantitative estimate of drug-likeness (QED) is 0.546. The summed E-state index contributed by atoms with van der Waals surface area (Å²) in [4.78, 5) is 0. The molecule has 10 heavy (non-hydrogen) atoms. The first-order valence-corrected chi connectivity index (χ1v) is 3.87. The van der Waals surface area contributed by atoms with E-state index >= 15 is 0 Å². The van der Waals surface area contributed by atoms with Gasteiger partial charge in [0, 0.05) is 3.57 Å². The SMILES string of the molecule is Cc1cc(O)c(O)cc1I. The minimum atomic E-state index is -0.0602. The van der Waals surface area contributed by atoms with Gasteiger partial charge in [-0.2, -0.15) is 0 Å². The Labute approximate surface area is 72.6 Å². The molecule has 0 aliphatic rings. The molecule has 0 heterocycles. The first-order chi connectivity index (χ1) is 4.61. The van der Waals surface area contributed by atoms with Crippen LogP contribution in [0, 0.1) is 10.5 Å². The van der Waals surface area contributed by atoms with Gasteiger partial charge in [0.05, 0.1) is 0 Å². The molecule has 0 radical (unpaired) electrons. The Morgan fingerprint density at radius 3 is 2.20 bits per heavy atom.